The Balaban J connectivity index is 1.16. The predicted molar refractivity (Wildman–Crippen MR) is 194 cm³/mol. The molecule has 3 aromatic carbocycles. The number of likely N-dealkylation sites (tertiary alicyclic amines) is 1. The number of benzene rings is 3. The monoisotopic (exact) mass is 678 g/mol. The molecule has 4 atom stereocenters. The Morgan fingerprint density at radius 2 is 1.42 bits per heavy atom. The molecule has 0 aliphatic carbocycles. The quantitative estimate of drug-likeness (QED) is 0.143. The Labute approximate surface area is 292 Å². The Hall–Kier alpha value is -5.23. The van der Waals surface area contributed by atoms with Gasteiger partial charge in [0.1, 0.15) is 17.7 Å². The summed E-state index contributed by atoms with van der Waals surface area (Å²) in [6, 6.07) is 19.4. The van der Waals surface area contributed by atoms with E-state index in [9.17, 15) is 14.4 Å². The first-order valence-electron chi connectivity index (χ1n) is 17.2. The molecule has 1 aliphatic heterocycles. The lowest BCUT2D eigenvalue weighted by Gasteiger charge is -2.33. The minimum atomic E-state index is -0.756. The van der Waals surface area contributed by atoms with Crippen LogP contribution in [0, 0.1) is 5.92 Å². The first kappa shape index (κ1) is 34.6. The van der Waals surface area contributed by atoms with E-state index in [1.165, 1.54) is 7.11 Å². The third-order valence-corrected chi connectivity index (χ3v) is 9.53. The molecule has 50 heavy (non-hydrogen) atoms. The predicted octanol–water partition coefficient (Wildman–Crippen LogP) is 5.94. The second-order valence-electron chi connectivity index (χ2n) is 13.7. The van der Waals surface area contributed by atoms with Gasteiger partial charge in [0.25, 0.3) is 0 Å². The molecular formula is C38H46N8O4. The van der Waals surface area contributed by atoms with Crippen molar-refractivity contribution in [3.63, 3.8) is 0 Å². The number of imidazole rings is 2. The maximum absolute atomic E-state index is 13.6. The highest BCUT2D eigenvalue weighted by Gasteiger charge is 2.37. The molecule has 1 unspecified atom stereocenters. The van der Waals surface area contributed by atoms with Gasteiger partial charge in [0.05, 0.1) is 47.3 Å². The summed E-state index contributed by atoms with van der Waals surface area (Å²) >= 11 is 0. The van der Waals surface area contributed by atoms with E-state index < -0.39 is 18.2 Å². The molecule has 6 rings (SSSR count). The molecule has 1 saturated heterocycles. The summed E-state index contributed by atoms with van der Waals surface area (Å²) in [4.78, 5) is 58.1. The van der Waals surface area contributed by atoms with Gasteiger partial charge in [-0.3, -0.25) is 14.5 Å². The highest BCUT2D eigenvalue weighted by Crippen LogP contribution is 2.34. The van der Waals surface area contributed by atoms with Crippen molar-refractivity contribution in [2.24, 2.45) is 5.92 Å². The van der Waals surface area contributed by atoms with Crippen molar-refractivity contribution < 1.29 is 19.1 Å². The number of ether oxygens (including phenoxy) is 1. The largest absolute Gasteiger partial charge is 0.453 e. The normalized spacial score (nSPS) is 16.6. The van der Waals surface area contributed by atoms with Crippen LogP contribution in [0.2, 0.25) is 0 Å². The number of aromatic amines is 2. The first-order valence-corrected chi connectivity index (χ1v) is 17.2. The third kappa shape index (κ3) is 7.07. The first-order chi connectivity index (χ1) is 23.9. The standard InChI is InChI=1S/C38H46N8O4/c1-21(2)33(45(5)6)37(48)46-18-8-9-32(46)35-42-29-17-15-27(20-31(29)44-35)25-12-10-24(11-13-25)26-14-16-28-30(19-26)43-34(41-28)22(3)39-36(47)23(4)40-38(49)50-7/h10-17,19-23,32-33H,8-9,18H2,1-7H3,(H,39,47)(H,40,49)(H,41,43)(H,42,44)/t22-,23?,32-,33+/m0/s1. The average Bonchev–Trinajstić information content (AvgIpc) is 3.85. The van der Waals surface area contributed by atoms with Crippen LogP contribution < -0.4 is 10.6 Å². The third-order valence-electron chi connectivity index (χ3n) is 9.53. The maximum atomic E-state index is 13.6. The topological polar surface area (TPSA) is 148 Å². The van der Waals surface area contributed by atoms with Gasteiger partial charge in [-0.25, -0.2) is 14.8 Å². The Morgan fingerprint density at radius 1 is 0.840 bits per heavy atom. The van der Waals surface area contributed by atoms with E-state index in [-0.39, 0.29) is 29.8 Å². The Bertz CT molecular complexity index is 2010. The van der Waals surface area contributed by atoms with Crippen LogP contribution in [0.5, 0.6) is 0 Å². The average molecular weight is 679 g/mol. The fourth-order valence-electron chi connectivity index (χ4n) is 6.93. The van der Waals surface area contributed by atoms with Gasteiger partial charge in [0.2, 0.25) is 11.8 Å². The number of H-pyrrole nitrogens is 2. The molecule has 2 aromatic heterocycles. The van der Waals surface area contributed by atoms with Crippen LogP contribution in [-0.4, -0.2) is 87.5 Å². The summed E-state index contributed by atoms with van der Waals surface area (Å²) in [7, 11) is 5.19. The number of aromatic nitrogens is 4. The lowest BCUT2D eigenvalue weighted by Crippen LogP contribution is -2.48. The molecule has 12 heteroatoms. The number of nitrogens with one attached hydrogen (secondary N) is 4. The number of fused-ring (bicyclic) bond motifs is 2. The number of amides is 3. The molecule has 0 radical (unpaired) electrons. The molecule has 0 saturated carbocycles. The van der Waals surface area contributed by atoms with E-state index in [0.29, 0.717) is 5.82 Å². The summed E-state index contributed by atoms with van der Waals surface area (Å²) in [5.74, 6) is 1.50. The highest BCUT2D eigenvalue weighted by atomic mass is 16.5. The van der Waals surface area contributed by atoms with Crippen molar-refractivity contribution in [1.82, 2.24) is 40.4 Å². The van der Waals surface area contributed by atoms with Crippen molar-refractivity contribution in [1.29, 1.82) is 0 Å². The number of carbonyl (C=O) groups excluding carboxylic acids is 3. The van der Waals surface area contributed by atoms with E-state index in [1.54, 1.807) is 6.92 Å². The molecule has 5 aromatic rings. The van der Waals surface area contributed by atoms with Crippen LogP contribution in [-0.2, 0) is 14.3 Å². The summed E-state index contributed by atoms with van der Waals surface area (Å²) in [6.45, 7) is 8.36. The fourth-order valence-corrected chi connectivity index (χ4v) is 6.93. The zero-order chi connectivity index (χ0) is 35.7. The number of carbonyl (C=O) groups is 3. The minimum absolute atomic E-state index is 0.0527. The molecule has 4 N–H and O–H groups in total. The molecule has 3 amide bonds. The molecular weight excluding hydrogens is 632 g/mol. The van der Waals surface area contributed by atoms with Gasteiger partial charge in [-0.15, -0.1) is 0 Å². The van der Waals surface area contributed by atoms with E-state index >= 15 is 0 Å². The summed E-state index contributed by atoms with van der Waals surface area (Å²) in [5.41, 5.74) is 7.74. The van der Waals surface area contributed by atoms with Gasteiger partial charge < -0.3 is 30.2 Å². The molecule has 3 heterocycles. The van der Waals surface area contributed by atoms with Gasteiger partial charge in [-0.2, -0.15) is 0 Å². The number of alkyl carbamates (subject to hydrolysis) is 1. The second-order valence-corrected chi connectivity index (χ2v) is 13.7. The number of hydrogen-bond donors (Lipinski definition) is 4. The smallest absolute Gasteiger partial charge is 0.407 e. The van der Waals surface area contributed by atoms with Crippen LogP contribution in [0.4, 0.5) is 4.79 Å². The van der Waals surface area contributed by atoms with Crippen molar-refractivity contribution >= 4 is 40.0 Å². The molecule has 12 nitrogen and oxygen atoms in total. The summed E-state index contributed by atoms with van der Waals surface area (Å²) < 4.78 is 4.57. The minimum Gasteiger partial charge on any atom is -0.453 e. The van der Waals surface area contributed by atoms with Gasteiger partial charge in [-0.1, -0.05) is 50.2 Å². The van der Waals surface area contributed by atoms with Crippen LogP contribution >= 0.6 is 0 Å². The van der Waals surface area contributed by atoms with Crippen LogP contribution in [0.25, 0.3) is 44.3 Å². The summed E-state index contributed by atoms with van der Waals surface area (Å²) in [5, 5.41) is 5.34. The second kappa shape index (κ2) is 14.3. The number of nitrogens with zero attached hydrogens (tertiary/aromatic N) is 4. The number of rotatable bonds is 10. The lowest BCUT2D eigenvalue weighted by molar-refractivity contribution is -0.138. The van der Waals surface area contributed by atoms with Crippen molar-refractivity contribution in [3.05, 3.63) is 72.3 Å². The molecule has 0 bridgehead atoms. The Kier molecular flexibility index (Phi) is 9.92. The SMILES string of the molecule is COC(=O)NC(C)C(=O)N[C@@H](C)c1nc2ccc(-c3ccc(-c4ccc5nc([C@@H]6CCCN6C(=O)[C@@H](C(C)C)N(C)C)[nH]c5c4)cc3)cc2[nH]1. The molecule has 0 spiro atoms. The van der Waals surface area contributed by atoms with Crippen LogP contribution in [0.3, 0.4) is 0 Å². The van der Waals surface area contributed by atoms with Crippen molar-refractivity contribution in [3.8, 4) is 22.3 Å². The van der Waals surface area contributed by atoms with E-state index in [0.717, 1.165) is 69.5 Å². The zero-order valence-electron chi connectivity index (χ0n) is 29.7. The Morgan fingerprint density at radius 3 is 2.00 bits per heavy atom. The van der Waals surface area contributed by atoms with Crippen molar-refractivity contribution in [2.75, 3.05) is 27.7 Å². The number of likely N-dealkylation sites (N-methyl/N-ethyl adjacent to an activating group) is 1. The lowest BCUT2D eigenvalue weighted by atomic mass is 10.00. The fraction of sp³-hybridized carbons (Fsp3) is 0.395. The van der Waals surface area contributed by atoms with E-state index in [4.69, 9.17) is 4.98 Å². The van der Waals surface area contributed by atoms with Crippen LogP contribution in [0.1, 0.15) is 64.3 Å². The van der Waals surface area contributed by atoms with Gasteiger partial charge in [0, 0.05) is 6.54 Å². The zero-order valence-corrected chi connectivity index (χ0v) is 29.7. The van der Waals surface area contributed by atoms with Gasteiger partial charge in [0.15, 0.2) is 0 Å². The van der Waals surface area contributed by atoms with Crippen molar-refractivity contribution in [2.45, 2.75) is 64.7 Å². The highest BCUT2D eigenvalue weighted by molar-refractivity contribution is 5.87. The molecule has 262 valence electrons. The number of methoxy groups -OCH3 is 1. The van der Waals surface area contributed by atoms with Gasteiger partial charge >= 0.3 is 6.09 Å². The van der Waals surface area contributed by atoms with E-state index in [2.05, 4.69) is 80.6 Å². The molecule has 1 aliphatic rings. The van der Waals surface area contributed by atoms with Crippen LogP contribution in [0.15, 0.2) is 60.7 Å². The summed E-state index contributed by atoms with van der Waals surface area (Å²) in [6.07, 6.45) is 1.19. The van der Waals surface area contributed by atoms with Gasteiger partial charge in [-0.05, 0) is 93.2 Å². The number of hydrogen-bond acceptors (Lipinski definition) is 7. The van der Waals surface area contributed by atoms with E-state index in [1.807, 2.05) is 55.1 Å². The molecule has 1 fully saturated rings. The maximum Gasteiger partial charge on any atom is 0.407 e.